The van der Waals surface area contributed by atoms with Crippen molar-refractivity contribution in [3.63, 3.8) is 0 Å². The molecule has 0 aliphatic carbocycles. The van der Waals surface area contributed by atoms with Gasteiger partial charge in [-0.15, -0.1) is 0 Å². The Morgan fingerprint density at radius 1 is 1.04 bits per heavy atom. The number of hydrogen-bond donors (Lipinski definition) is 0. The van der Waals surface area contributed by atoms with Crippen molar-refractivity contribution in [2.24, 2.45) is 5.41 Å². The number of imide groups is 1. The molecule has 3 fully saturated rings. The average molecular weight is 377 g/mol. The normalized spacial score (nSPS) is 26.5. The summed E-state index contributed by atoms with van der Waals surface area (Å²) in [5.41, 5.74) is 0.117. The van der Waals surface area contributed by atoms with E-state index in [1.165, 1.54) is 4.90 Å². The van der Waals surface area contributed by atoms with Crippen molar-refractivity contribution >= 4 is 34.3 Å². The maximum absolute atomic E-state index is 13.4. The summed E-state index contributed by atoms with van der Waals surface area (Å²) in [5, 5.41) is 1.86. The van der Waals surface area contributed by atoms with Crippen molar-refractivity contribution in [2.75, 3.05) is 11.4 Å². The summed E-state index contributed by atoms with van der Waals surface area (Å²) in [7, 11) is 0. The minimum atomic E-state index is -0.573. The van der Waals surface area contributed by atoms with Crippen LogP contribution in [0.4, 0.5) is 10.5 Å². The van der Waals surface area contributed by atoms with Crippen LogP contribution in [0.2, 0.25) is 0 Å². The van der Waals surface area contributed by atoms with E-state index in [1.54, 1.807) is 4.90 Å². The Balaban J connectivity index is 1.54. The molecule has 2 aromatic rings. The zero-order valence-electron chi connectivity index (χ0n) is 16.3. The van der Waals surface area contributed by atoms with Gasteiger partial charge >= 0.3 is 6.03 Å². The first-order valence-corrected chi connectivity index (χ1v) is 9.74. The Bertz CT molecular complexity index is 1020. The number of likely N-dealkylation sites (tertiary alicyclic amines) is 1. The van der Waals surface area contributed by atoms with Gasteiger partial charge in [-0.1, -0.05) is 57.2 Å². The van der Waals surface area contributed by atoms with Crippen LogP contribution < -0.4 is 4.90 Å². The van der Waals surface area contributed by atoms with E-state index < -0.39 is 11.5 Å². The second-order valence-electron chi connectivity index (χ2n) is 8.97. The number of fused-ring (bicyclic) bond motifs is 6. The van der Waals surface area contributed by atoms with E-state index in [0.29, 0.717) is 18.7 Å². The van der Waals surface area contributed by atoms with E-state index in [0.717, 1.165) is 10.8 Å². The van der Waals surface area contributed by atoms with Crippen molar-refractivity contribution in [2.45, 2.75) is 45.3 Å². The molecule has 28 heavy (non-hydrogen) atoms. The Kier molecular flexibility index (Phi) is 3.42. The van der Waals surface area contributed by atoms with Gasteiger partial charge in [0, 0.05) is 17.3 Å². The topological polar surface area (TPSA) is 60.9 Å². The van der Waals surface area contributed by atoms with Gasteiger partial charge in [-0.05, 0) is 17.9 Å². The molecule has 144 valence electrons. The van der Waals surface area contributed by atoms with Gasteiger partial charge < -0.3 is 9.80 Å². The zero-order chi connectivity index (χ0) is 19.8. The molecule has 3 aliphatic rings. The van der Waals surface area contributed by atoms with E-state index >= 15 is 0 Å². The number of nitrogens with zero attached hydrogens (tertiary/aromatic N) is 3. The lowest BCUT2D eigenvalue weighted by molar-refractivity contribution is -0.143. The molecule has 2 aromatic carbocycles. The van der Waals surface area contributed by atoms with Crippen LogP contribution >= 0.6 is 0 Å². The van der Waals surface area contributed by atoms with Crippen molar-refractivity contribution in [3.05, 3.63) is 42.5 Å². The smallest absolute Gasteiger partial charge is 0.332 e. The maximum Gasteiger partial charge on any atom is 0.332 e. The fourth-order valence-corrected chi connectivity index (χ4v) is 4.95. The lowest BCUT2D eigenvalue weighted by atomic mass is 9.93. The number of piperazine rings is 1. The second-order valence-corrected chi connectivity index (χ2v) is 8.97. The Hall–Kier alpha value is -2.89. The molecule has 6 heteroatoms. The molecular weight excluding hydrogens is 354 g/mol. The highest BCUT2D eigenvalue weighted by Crippen LogP contribution is 2.44. The van der Waals surface area contributed by atoms with Gasteiger partial charge in [0.1, 0.15) is 6.04 Å². The molecule has 3 saturated heterocycles. The standard InChI is InChI=1S/C22H23N3O3/c1-22(2,3)20(27)23-12-14-11-17(23)18-19(26)25(21(28)24(14)18)16-10-6-8-13-7-4-5-9-15(13)16/h4-10,14,17-18H,11-12H2,1-3H3/t14-,17?,18-/m1/s1. The molecule has 4 amide bonds. The van der Waals surface area contributed by atoms with Gasteiger partial charge in [0.2, 0.25) is 5.91 Å². The monoisotopic (exact) mass is 377 g/mol. The fraction of sp³-hybridized carbons (Fsp3) is 0.409. The highest BCUT2D eigenvalue weighted by Gasteiger charge is 2.63. The van der Waals surface area contributed by atoms with Crippen molar-refractivity contribution in [1.29, 1.82) is 0 Å². The van der Waals surface area contributed by atoms with Gasteiger partial charge in [-0.25, -0.2) is 9.69 Å². The molecule has 3 atom stereocenters. The van der Waals surface area contributed by atoms with Gasteiger partial charge in [0.15, 0.2) is 0 Å². The van der Waals surface area contributed by atoms with E-state index in [4.69, 9.17) is 0 Å². The summed E-state index contributed by atoms with van der Waals surface area (Å²) >= 11 is 0. The van der Waals surface area contributed by atoms with Crippen LogP contribution in [0.25, 0.3) is 10.8 Å². The highest BCUT2D eigenvalue weighted by atomic mass is 16.2. The fourth-order valence-electron chi connectivity index (χ4n) is 4.95. The number of rotatable bonds is 1. The van der Waals surface area contributed by atoms with E-state index in [1.807, 2.05) is 68.1 Å². The lowest BCUT2D eigenvalue weighted by Crippen LogP contribution is -2.56. The summed E-state index contributed by atoms with van der Waals surface area (Å²) in [6, 6.07) is 12.3. The van der Waals surface area contributed by atoms with Crippen molar-refractivity contribution < 1.29 is 14.4 Å². The second kappa shape index (κ2) is 5.56. The number of amides is 4. The SMILES string of the molecule is CC(C)(C)C(=O)N1C[C@H]2CC1[C@@H]1C(=O)N(c3cccc4ccccc34)C(=O)N21. The Labute approximate surface area is 163 Å². The number of hydrogen-bond acceptors (Lipinski definition) is 3. The van der Waals surface area contributed by atoms with E-state index in [9.17, 15) is 14.4 Å². The summed E-state index contributed by atoms with van der Waals surface area (Å²) in [6.07, 6.45) is 0.688. The first kappa shape index (κ1) is 17.2. The van der Waals surface area contributed by atoms with Gasteiger partial charge in [-0.2, -0.15) is 0 Å². The number of carbonyl (C=O) groups is 3. The van der Waals surface area contributed by atoms with Gasteiger partial charge in [-0.3, -0.25) is 9.59 Å². The molecule has 5 rings (SSSR count). The Morgan fingerprint density at radius 2 is 1.75 bits per heavy atom. The average Bonchev–Trinajstić information content (AvgIpc) is 3.31. The minimum Gasteiger partial charge on any atom is -0.334 e. The van der Waals surface area contributed by atoms with E-state index in [2.05, 4.69) is 0 Å². The van der Waals surface area contributed by atoms with Crippen LogP contribution in [0.3, 0.4) is 0 Å². The van der Waals surface area contributed by atoms with Crippen LogP contribution in [-0.4, -0.2) is 52.3 Å². The quantitative estimate of drug-likeness (QED) is 0.718. The third kappa shape index (κ3) is 2.17. The van der Waals surface area contributed by atoms with Crippen LogP contribution in [0, 0.1) is 5.41 Å². The number of benzene rings is 2. The molecule has 3 aliphatic heterocycles. The molecule has 0 aromatic heterocycles. The summed E-state index contributed by atoms with van der Waals surface area (Å²) in [6.45, 7) is 6.19. The molecule has 0 saturated carbocycles. The summed E-state index contributed by atoms with van der Waals surface area (Å²) < 4.78 is 0. The van der Waals surface area contributed by atoms with Crippen molar-refractivity contribution in [1.82, 2.24) is 9.80 Å². The molecule has 3 heterocycles. The zero-order valence-corrected chi connectivity index (χ0v) is 16.3. The lowest BCUT2D eigenvalue weighted by Gasteiger charge is -2.37. The van der Waals surface area contributed by atoms with Gasteiger partial charge in [0.25, 0.3) is 5.91 Å². The summed E-state index contributed by atoms with van der Waals surface area (Å²) in [5.74, 6) is -0.177. The molecule has 6 nitrogen and oxygen atoms in total. The van der Waals surface area contributed by atoms with Gasteiger partial charge in [0.05, 0.1) is 17.8 Å². The van der Waals surface area contributed by atoms with Crippen LogP contribution in [0.5, 0.6) is 0 Å². The van der Waals surface area contributed by atoms with Crippen LogP contribution in [0.1, 0.15) is 27.2 Å². The summed E-state index contributed by atoms with van der Waals surface area (Å²) in [4.78, 5) is 44.3. The largest absolute Gasteiger partial charge is 0.334 e. The molecule has 2 bridgehead atoms. The predicted octanol–water partition coefficient (Wildman–Crippen LogP) is 3.01. The minimum absolute atomic E-state index is 0.0449. The molecule has 0 spiro atoms. The Morgan fingerprint density at radius 3 is 2.50 bits per heavy atom. The maximum atomic E-state index is 13.4. The molecule has 0 radical (unpaired) electrons. The number of anilines is 1. The first-order valence-electron chi connectivity index (χ1n) is 9.74. The third-order valence-corrected chi connectivity index (χ3v) is 6.17. The number of carbonyl (C=O) groups excluding carboxylic acids is 3. The van der Waals surface area contributed by atoms with Crippen molar-refractivity contribution in [3.8, 4) is 0 Å². The van der Waals surface area contributed by atoms with Crippen LogP contribution in [0.15, 0.2) is 42.5 Å². The first-order chi connectivity index (χ1) is 13.3. The molecular formula is C22H23N3O3. The predicted molar refractivity (Wildman–Crippen MR) is 106 cm³/mol. The number of urea groups is 1. The highest BCUT2D eigenvalue weighted by molar-refractivity contribution is 6.25. The van der Waals surface area contributed by atoms with E-state index in [-0.39, 0.29) is 29.9 Å². The molecule has 1 unspecified atom stereocenters. The third-order valence-electron chi connectivity index (χ3n) is 6.17. The molecule has 0 N–H and O–H groups in total. The van der Waals surface area contributed by atoms with Crippen LogP contribution in [-0.2, 0) is 9.59 Å².